The van der Waals surface area contributed by atoms with Gasteiger partial charge in [0.1, 0.15) is 5.82 Å². The molecule has 2 saturated heterocycles. The van der Waals surface area contributed by atoms with E-state index >= 15 is 0 Å². The minimum atomic E-state index is -0.225. The van der Waals surface area contributed by atoms with E-state index in [9.17, 15) is 9.18 Å². The number of benzene rings is 1. The lowest BCUT2D eigenvalue weighted by Gasteiger charge is -2.35. The zero-order chi connectivity index (χ0) is 19.3. The van der Waals surface area contributed by atoms with Crippen LogP contribution in [0.2, 0.25) is 0 Å². The van der Waals surface area contributed by atoms with E-state index in [0.717, 1.165) is 61.9 Å². The average Bonchev–Trinajstić information content (AvgIpc) is 3.39. The second kappa shape index (κ2) is 8.99. The second-order valence-electron chi connectivity index (χ2n) is 7.28. The van der Waals surface area contributed by atoms with Gasteiger partial charge in [-0.3, -0.25) is 9.69 Å². The molecular weight excluding hydrogens is 375 g/mol. The predicted octanol–water partition coefficient (Wildman–Crippen LogP) is 3.89. The molecule has 1 aromatic heterocycles. The Morgan fingerprint density at radius 3 is 2.75 bits per heavy atom. The van der Waals surface area contributed by atoms with Gasteiger partial charge in [0.15, 0.2) is 0 Å². The van der Waals surface area contributed by atoms with Gasteiger partial charge in [-0.15, -0.1) is 11.3 Å². The SMILES string of the molecule is O=C(/C=C/c1ccc(-c2ccccc2F)s1)N1CCN(CC2CCCO2)CC1. The van der Waals surface area contributed by atoms with Gasteiger partial charge >= 0.3 is 0 Å². The van der Waals surface area contributed by atoms with Crippen LogP contribution in [0.4, 0.5) is 4.39 Å². The number of piperazine rings is 1. The number of ether oxygens (including phenoxy) is 1. The predicted molar refractivity (Wildman–Crippen MR) is 111 cm³/mol. The fourth-order valence-corrected chi connectivity index (χ4v) is 4.67. The van der Waals surface area contributed by atoms with Crippen molar-refractivity contribution in [3.63, 3.8) is 0 Å². The van der Waals surface area contributed by atoms with Crippen LogP contribution < -0.4 is 0 Å². The first kappa shape index (κ1) is 19.3. The first-order valence-electron chi connectivity index (χ1n) is 9.85. The quantitative estimate of drug-likeness (QED) is 0.714. The first-order valence-corrected chi connectivity index (χ1v) is 10.7. The molecule has 0 radical (unpaired) electrons. The standard InChI is InChI=1S/C22H25FN2O2S/c23-20-6-2-1-5-19(20)21-9-7-18(28-21)8-10-22(26)25-13-11-24(12-14-25)16-17-4-3-15-27-17/h1-2,5-10,17H,3-4,11-16H2/b10-8+. The van der Waals surface area contributed by atoms with Crippen LogP contribution in [0.1, 0.15) is 17.7 Å². The Kier molecular flexibility index (Phi) is 6.20. The molecule has 4 rings (SSSR count). The van der Waals surface area contributed by atoms with Gasteiger partial charge in [-0.2, -0.15) is 0 Å². The zero-order valence-corrected chi connectivity index (χ0v) is 16.7. The molecule has 2 aliphatic heterocycles. The lowest BCUT2D eigenvalue weighted by atomic mass is 10.2. The lowest BCUT2D eigenvalue weighted by Crippen LogP contribution is -2.50. The molecule has 0 saturated carbocycles. The highest BCUT2D eigenvalue weighted by Gasteiger charge is 2.24. The van der Waals surface area contributed by atoms with Crippen molar-refractivity contribution in [3.8, 4) is 10.4 Å². The van der Waals surface area contributed by atoms with Crippen LogP contribution in [-0.4, -0.2) is 61.1 Å². The third-order valence-corrected chi connectivity index (χ3v) is 6.41. The number of halogens is 1. The number of nitrogens with zero attached hydrogens (tertiary/aromatic N) is 2. The molecule has 1 amide bonds. The normalized spacial score (nSPS) is 20.9. The van der Waals surface area contributed by atoms with Crippen molar-refractivity contribution in [1.29, 1.82) is 0 Å². The molecule has 1 aromatic carbocycles. The van der Waals surface area contributed by atoms with Gasteiger partial charge < -0.3 is 9.64 Å². The Bertz CT molecular complexity index is 837. The molecule has 1 atom stereocenters. The van der Waals surface area contributed by atoms with Crippen molar-refractivity contribution in [2.24, 2.45) is 0 Å². The third kappa shape index (κ3) is 4.69. The lowest BCUT2D eigenvalue weighted by molar-refractivity contribution is -0.127. The molecule has 2 aliphatic rings. The smallest absolute Gasteiger partial charge is 0.246 e. The molecule has 2 fully saturated rings. The van der Waals surface area contributed by atoms with Crippen molar-refractivity contribution in [2.75, 3.05) is 39.3 Å². The van der Waals surface area contributed by atoms with Gasteiger partial charge in [0.25, 0.3) is 0 Å². The maximum Gasteiger partial charge on any atom is 0.246 e. The minimum absolute atomic E-state index is 0.0395. The van der Waals surface area contributed by atoms with Crippen molar-refractivity contribution >= 4 is 23.3 Å². The number of carbonyl (C=O) groups excluding carboxylic acids is 1. The van der Waals surface area contributed by atoms with E-state index in [4.69, 9.17) is 4.74 Å². The summed E-state index contributed by atoms with van der Waals surface area (Å²) < 4.78 is 19.6. The summed E-state index contributed by atoms with van der Waals surface area (Å²) in [4.78, 5) is 18.6. The van der Waals surface area contributed by atoms with Crippen LogP contribution in [0.5, 0.6) is 0 Å². The molecule has 0 N–H and O–H groups in total. The van der Waals surface area contributed by atoms with E-state index in [2.05, 4.69) is 4.90 Å². The highest BCUT2D eigenvalue weighted by molar-refractivity contribution is 7.16. The average molecular weight is 401 g/mol. The molecule has 0 bridgehead atoms. The third-order valence-electron chi connectivity index (χ3n) is 5.33. The highest BCUT2D eigenvalue weighted by atomic mass is 32.1. The van der Waals surface area contributed by atoms with Crippen LogP contribution in [0.3, 0.4) is 0 Å². The Labute approximate surface area is 169 Å². The Morgan fingerprint density at radius 1 is 1.18 bits per heavy atom. The number of rotatable bonds is 5. The van der Waals surface area contributed by atoms with E-state index in [1.165, 1.54) is 17.4 Å². The van der Waals surface area contributed by atoms with Crippen molar-refractivity contribution < 1.29 is 13.9 Å². The van der Waals surface area contributed by atoms with E-state index in [1.807, 2.05) is 29.2 Å². The monoisotopic (exact) mass is 400 g/mol. The number of hydrogen-bond donors (Lipinski definition) is 0. The molecular formula is C22H25FN2O2S. The molecule has 0 aliphatic carbocycles. The van der Waals surface area contributed by atoms with Crippen molar-refractivity contribution in [3.05, 3.63) is 53.2 Å². The van der Waals surface area contributed by atoms with Crippen LogP contribution in [0.15, 0.2) is 42.5 Å². The topological polar surface area (TPSA) is 32.8 Å². The van der Waals surface area contributed by atoms with Crippen LogP contribution in [0.25, 0.3) is 16.5 Å². The summed E-state index contributed by atoms with van der Waals surface area (Å²) in [6.45, 7) is 5.16. The molecule has 3 heterocycles. The summed E-state index contributed by atoms with van der Waals surface area (Å²) in [5.74, 6) is -0.186. The summed E-state index contributed by atoms with van der Waals surface area (Å²) >= 11 is 1.49. The molecule has 1 unspecified atom stereocenters. The van der Waals surface area contributed by atoms with Crippen molar-refractivity contribution in [2.45, 2.75) is 18.9 Å². The summed E-state index contributed by atoms with van der Waals surface area (Å²) in [5, 5.41) is 0. The Balaban J connectivity index is 1.29. The van der Waals surface area contributed by atoms with Gasteiger partial charge in [-0.25, -0.2) is 4.39 Å². The highest BCUT2D eigenvalue weighted by Crippen LogP contribution is 2.30. The summed E-state index contributed by atoms with van der Waals surface area (Å²) in [6.07, 6.45) is 6.14. The number of hydrogen-bond acceptors (Lipinski definition) is 4. The number of amides is 1. The van der Waals surface area contributed by atoms with E-state index in [-0.39, 0.29) is 11.7 Å². The summed E-state index contributed by atoms with van der Waals surface area (Å²) in [6, 6.07) is 10.6. The minimum Gasteiger partial charge on any atom is -0.377 e. The Hall–Kier alpha value is -2.02. The fourth-order valence-electron chi connectivity index (χ4n) is 3.73. The maximum absolute atomic E-state index is 13.9. The summed E-state index contributed by atoms with van der Waals surface area (Å²) in [5.41, 5.74) is 0.598. The molecule has 28 heavy (non-hydrogen) atoms. The largest absolute Gasteiger partial charge is 0.377 e. The van der Waals surface area contributed by atoms with Gasteiger partial charge in [-0.05, 0) is 37.1 Å². The fraction of sp³-hybridized carbons (Fsp3) is 0.409. The van der Waals surface area contributed by atoms with Crippen molar-refractivity contribution in [1.82, 2.24) is 9.80 Å². The Morgan fingerprint density at radius 2 is 2.00 bits per heavy atom. The molecule has 6 heteroatoms. The molecule has 148 valence electrons. The number of carbonyl (C=O) groups is 1. The van der Waals surface area contributed by atoms with E-state index in [0.29, 0.717) is 11.7 Å². The van der Waals surface area contributed by atoms with Gasteiger partial charge in [-0.1, -0.05) is 18.2 Å². The molecule has 2 aromatic rings. The summed E-state index contributed by atoms with van der Waals surface area (Å²) in [7, 11) is 0. The molecule has 0 spiro atoms. The van der Waals surface area contributed by atoms with Gasteiger partial charge in [0.2, 0.25) is 5.91 Å². The van der Waals surface area contributed by atoms with Crippen LogP contribution >= 0.6 is 11.3 Å². The van der Waals surface area contributed by atoms with Crippen LogP contribution in [0, 0.1) is 5.82 Å². The zero-order valence-electron chi connectivity index (χ0n) is 15.9. The van der Waals surface area contributed by atoms with E-state index < -0.39 is 0 Å². The number of thiophene rings is 1. The van der Waals surface area contributed by atoms with Gasteiger partial charge in [0, 0.05) is 60.7 Å². The van der Waals surface area contributed by atoms with E-state index in [1.54, 1.807) is 18.2 Å². The maximum atomic E-state index is 13.9. The first-order chi connectivity index (χ1) is 13.7. The van der Waals surface area contributed by atoms with Gasteiger partial charge in [0.05, 0.1) is 6.10 Å². The molecule has 4 nitrogen and oxygen atoms in total. The second-order valence-corrected chi connectivity index (χ2v) is 8.39. The van der Waals surface area contributed by atoms with Crippen LogP contribution in [-0.2, 0) is 9.53 Å².